The standard InChI is InChI=1S/C22H36N2O/c1-25-22-15-9-8-12-19(22)17-24(20-13-6-3-7-14-20)21(16-23)18-10-4-2-5-11-18/h8-9,12,15,18,20-21H,2-7,10-11,13-14,16-17,23H2,1H3. The topological polar surface area (TPSA) is 38.5 Å². The van der Waals surface area contributed by atoms with Crippen LogP contribution in [0.25, 0.3) is 0 Å². The second-order valence-corrected chi connectivity index (χ2v) is 7.98. The number of hydrogen-bond acceptors (Lipinski definition) is 3. The van der Waals surface area contributed by atoms with Crippen LogP contribution in [0.3, 0.4) is 0 Å². The lowest BCUT2D eigenvalue weighted by atomic mass is 9.81. The number of rotatable bonds is 7. The Labute approximate surface area is 153 Å². The van der Waals surface area contributed by atoms with Gasteiger partial charge in [-0.05, 0) is 37.7 Å². The molecule has 1 aromatic carbocycles. The summed E-state index contributed by atoms with van der Waals surface area (Å²) < 4.78 is 5.63. The molecule has 0 aliphatic heterocycles. The SMILES string of the molecule is COc1ccccc1CN(C1CCCCC1)C(CN)C1CCCCC1. The Morgan fingerprint density at radius 2 is 1.64 bits per heavy atom. The van der Waals surface area contributed by atoms with Crippen molar-refractivity contribution in [3.8, 4) is 5.75 Å². The monoisotopic (exact) mass is 344 g/mol. The maximum Gasteiger partial charge on any atom is 0.123 e. The summed E-state index contributed by atoms with van der Waals surface area (Å²) in [6, 6.07) is 9.72. The van der Waals surface area contributed by atoms with Crippen molar-refractivity contribution >= 4 is 0 Å². The summed E-state index contributed by atoms with van der Waals surface area (Å²) in [4.78, 5) is 2.77. The summed E-state index contributed by atoms with van der Waals surface area (Å²) in [5.41, 5.74) is 7.67. The highest BCUT2D eigenvalue weighted by Gasteiger charge is 2.33. The molecule has 0 amide bonds. The van der Waals surface area contributed by atoms with Crippen molar-refractivity contribution in [1.29, 1.82) is 0 Å². The number of nitrogens with two attached hydrogens (primary N) is 1. The van der Waals surface area contributed by atoms with Gasteiger partial charge in [0.2, 0.25) is 0 Å². The molecule has 140 valence electrons. The molecular formula is C22H36N2O. The van der Waals surface area contributed by atoms with E-state index in [1.165, 1.54) is 69.8 Å². The zero-order valence-corrected chi connectivity index (χ0v) is 16.0. The Morgan fingerprint density at radius 1 is 1.00 bits per heavy atom. The van der Waals surface area contributed by atoms with E-state index in [4.69, 9.17) is 10.5 Å². The van der Waals surface area contributed by atoms with Crippen LogP contribution in [0, 0.1) is 5.92 Å². The minimum atomic E-state index is 0.522. The van der Waals surface area contributed by atoms with E-state index in [0.717, 1.165) is 24.8 Å². The number of hydrogen-bond donors (Lipinski definition) is 1. The second-order valence-electron chi connectivity index (χ2n) is 7.98. The lowest BCUT2D eigenvalue weighted by Crippen LogP contribution is -2.51. The van der Waals surface area contributed by atoms with Crippen molar-refractivity contribution in [2.45, 2.75) is 82.8 Å². The summed E-state index contributed by atoms with van der Waals surface area (Å²) in [6.07, 6.45) is 13.7. The van der Waals surface area contributed by atoms with Crippen molar-refractivity contribution in [2.24, 2.45) is 11.7 Å². The number of methoxy groups -OCH3 is 1. The Balaban J connectivity index is 1.82. The largest absolute Gasteiger partial charge is 0.496 e. The average Bonchev–Trinajstić information content (AvgIpc) is 2.69. The first-order valence-corrected chi connectivity index (χ1v) is 10.4. The molecule has 0 aromatic heterocycles. The number of para-hydroxylation sites is 1. The molecule has 0 saturated heterocycles. The van der Waals surface area contributed by atoms with E-state index in [9.17, 15) is 0 Å². The van der Waals surface area contributed by atoms with Gasteiger partial charge in [0, 0.05) is 30.7 Å². The van der Waals surface area contributed by atoms with Crippen molar-refractivity contribution in [3.63, 3.8) is 0 Å². The van der Waals surface area contributed by atoms with Crippen LogP contribution in [0.2, 0.25) is 0 Å². The van der Waals surface area contributed by atoms with Crippen LogP contribution in [0.5, 0.6) is 5.75 Å². The first kappa shape index (κ1) is 18.7. The molecule has 2 aliphatic rings. The van der Waals surface area contributed by atoms with Crippen LogP contribution in [0.1, 0.15) is 69.8 Å². The van der Waals surface area contributed by atoms with E-state index in [-0.39, 0.29) is 0 Å². The fourth-order valence-corrected chi connectivity index (χ4v) is 5.08. The summed E-state index contributed by atoms with van der Waals surface area (Å²) in [5, 5.41) is 0. The molecule has 3 nitrogen and oxygen atoms in total. The molecular weight excluding hydrogens is 308 g/mol. The van der Waals surface area contributed by atoms with Crippen LogP contribution >= 0.6 is 0 Å². The van der Waals surface area contributed by atoms with Gasteiger partial charge in [0.25, 0.3) is 0 Å². The van der Waals surface area contributed by atoms with Gasteiger partial charge in [-0.25, -0.2) is 0 Å². The van der Waals surface area contributed by atoms with Gasteiger partial charge in [0.1, 0.15) is 5.75 Å². The minimum absolute atomic E-state index is 0.522. The van der Waals surface area contributed by atoms with Gasteiger partial charge in [-0.1, -0.05) is 56.7 Å². The van der Waals surface area contributed by atoms with E-state index < -0.39 is 0 Å². The Morgan fingerprint density at radius 3 is 2.28 bits per heavy atom. The van der Waals surface area contributed by atoms with Gasteiger partial charge in [-0.2, -0.15) is 0 Å². The zero-order valence-electron chi connectivity index (χ0n) is 16.0. The lowest BCUT2D eigenvalue weighted by molar-refractivity contribution is 0.0525. The van der Waals surface area contributed by atoms with Crippen LogP contribution in [0.4, 0.5) is 0 Å². The van der Waals surface area contributed by atoms with E-state index in [0.29, 0.717) is 12.1 Å². The molecule has 2 saturated carbocycles. The molecule has 0 spiro atoms. The fourth-order valence-electron chi connectivity index (χ4n) is 5.08. The summed E-state index contributed by atoms with van der Waals surface area (Å²) in [7, 11) is 1.78. The van der Waals surface area contributed by atoms with Crippen molar-refractivity contribution in [1.82, 2.24) is 4.90 Å². The second kappa shape index (κ2) is 9.59. The lowest BCUT2D eigenvalue weighted by Gasteiger charge is -2.44. The molecule has 2 N–H and O–H groups in total. The number of nitrogens with zero attached hydrogens (tertiary/aromatic N) is 1. The molecule has 1 unspecified atom stereocenters. The Hall–Kier alpha value is -1.06. The molecule has 0 heterocycles. The smallest absolute Gasteiger partial charge is 0.123 e. The predicted octanol–water partition coefficient (Wildman–Crippen LogP) is 4.74. The Kier molecular flexibility index (Phi) is 7.18. The third-order valence-corrected chi connectivity index (χ3v) is 6.45. The van der Waals surface area contributed by atoms with Crippen molar-refractivity contribution in [3.05, 3.63) is 29.8 Å². The van der Waals surface area contributed by atoms with Crippen molar-refractivity contribution in [2.75, 3.05) is 13.7 Å². The first-order valence-electron chi connectivity index (χ1n) is 10.4. The molecule has 2 fully saturated rings. The van der Waals surface area contributed by atoms with Crippen LogP contribution in [-0.2, 0) is 6.54 Å². The predicted molar refractivity (Wildman–Crippen MR) is 105 cm³/mol. The van der Waals surface area contributed by atoms with Gasteiger partial charge >= 0.3 is 0 Å². The highest BCUT2D eigenvalue weighted by atomic mass is 16.5. The van der Waals surface area contributed by atoms with Gasteiger partial charge in [0.15, 0.2) is 0 Å². The van der Waals surface area contributed by atoms with Crippen molar-refractivity contribution < 1.29 is 4.74 Å². The number of benzene rings is 1. The fraction of sp³-hybridized carbons (Fsp3) is 0.727. The highest BCUT2D eigenvalue weighted by Crippen LogP contribution is 2.34. The van der Waals surface area contributed by atoms with Gasteiger partial charge in [-0.3, -0.25) is 4.90 Å². The first-order chi connectivity index (χ1) is 12.3. The summed E-state index contributed by atoms with van der Waals surface area (Å²) in [6.45, 7) is 1.77. The molecule has 0 radical (unpaired) electrons. The minimum Gasteiger partial charge on any atom is -0.496 e. The molecule has 1 atom stereocenters. The van der Waals surface area contributed by atoms with E-state index >= 15 is 0 Å². The van der Waals surface area contributed by atoms with Gasteiger partial charge in [0.05, 0.1) is 7.11 Å². The highest BCUT2D eigenvalue weighted by molar-refractivity contribution is 5.33. The quantitative estimate of drug-likeness (QED) is 0.776. The molecule has 3 heteroatoms. The molecule has 3 rings (SSSR count). The van der Waals surface area contributed by atoms with Gasteiger partial charge in [-0.15, -0.1) is 0 Å². The number of ether oxygens (including phenoxy) is 1. The van der Waals surface area contributed by atoms with Crippen LogP contribution < -0.4 is 10.5 Å². The van der Waals surface area contributed by atoms with E-state index in [1.807, 2.05) is 0 Å². The Bertz CT molecular complexity index is 507. The average molecular weight is 345 g/mol. The van der Waals surface area contributed by atoms with E-state index in [2.05, 4.69) is 29.2 Å². The molecule has 2 aliphatic carbocycles. The van der Waals surface area contributed by atoms with Crippen LogP contribution in [-0.4, -0.2) is 30.6 Å². The van der Waals surface area contributed by atoms with Gasteiger partial charge < -0.3 is 10.5 Å². The van der Waals surface area contributed by atoms with E-state index in [1.54, 1.807) is 7.11 Å². The third-order valence-electron chi connectivity index (χ3n) is 6.45. The maximum absolute atomic E-state index is 6.36. The normalized spacial score (nSPS) is 21.4. The molecule has 25 heavy (non-hydrogen) atoms. The summed E-state index contributed by atoms with van der Waals surface area (Å²) in [5.74, 6) is 1.79. The summed E-state index contributed by atoms with van der Waals surface area (Å²) >= 11 is 0. The van der Waals surface area contributed by atoms with Crippen LogP contribution in [0.15, 0.2) is 24.3 Å². The zero-order chi connectivity index (χ0) is 17.5. The maximum atomic E-state index is 6.36. The molecule has 1 aromatic rings. The molecule has 0 bridgehead atoms. The third kappa shape index (κ3) is 4.77.